The molecule has 1 atom stereocenters. The number of rotatable bonds is 3. The van der Waals surface area contributed by atoms with Crippen LogP contribution in [0.2, 0.25) is 0 Å². The molecule has 0 radical (unpaired) electrons. The summed E-state index contributed by atoms with van der Waals surface area (Å²) in [6.45, 7) is 6.19. The molecule has 1 aliphatic heterocycles. The third-order valence-corrected chi connectivity index (χ3v) is 5.38. The number of amides is 1. The average molecular weight is 288 g/mol. The zero-order chi connectivity index (χ0) is 14.8. The highest BCUT2D eigenvalue weighted by atomic mass is 16.2. The third-order valence-electron chi connectivity index (χ3n) is 5.38. The number of hydrogen-bond donors (Lipinski definition) is 0. The van der Waals surface area contributed by atoms with Gasteiger partial charge >= 0.3 is 0 Å². The molecule has 1 aromatic rings. The predicted molar refractivity (Wildman–Crippen MR) is 85.4 cm³/mol. The Kier molecular flexibility index (Phi) is 4.37. The first-order chi connectivity index (χ1) is 10.2. The molecule has 3 nitrogen and oxygen atoms in total. The number of carbonyl (C=O) groups is 1. The van der Waals surface area contributed by atoms with Crippen LogP contribution in [0, 0.1) is 11.8 Å². The van der Waals surface area contributed by atoms with E-state index in [-0.39, 0.29) is 5.91 Å². The molecule has 1 saturated carbocycles. The normalized spacial score (nSPS) is 24.0. The Labute approximate surface area is 128 Å². The molecule has 0 unspecified atom stereocenters. The first kappa shape index (κ1) is 14.7. The van der Waals surface area contributed by atoms with Gasteiger partial charge in [-0.1, -0.05) is 32.1 Å². The summed E-state index contributed by atoms with van der Waals surface area (Å²) in [6, 6.07) is 4.30. The molecule has 1 aliphatic carbocycles. The summed E-state index contributed by atoms with van der Waals surface area (Å²) < 4.78 is 2.09. The lowest BCUT2D eigenvalue weighted by Gasteiger charge is -2.27. The average Bonchev–Trinajstić information content (AvgIpc) is 3.17. The van der Waals surface area contributed by atoms with Crippen LogP contribution >= 0.6 is 0 Å². The molecule has 2 aliphatic rings. The molecule has 0 aromatic carbocycles. The topological polar surface area (TPSA) is 25.2 Å². The van der Waals surface area contributed by atoms with Crippen LogP contribution in [0.15, 0.2) is 18.3 Å². The van der Waals surface area contributed by atoms with E-state index in [1.807, 2.05) is 18.3 Å². The molecule has 0 N–H and O–H groups in total. The molecule has 3 heteroatoms. The van der Waals surface area contributed by atoms with Crippen molar-refractivity contribution in [1.29, 1.82) is 0 Å². The monoisotopic (exact) mass is 288 g/mol. The summed E-state index contributed by atoms with van der Waals surface area (Å²) in [6.07, 6.45) is 10.2. The SMILES string of the molecule is CC(C)n1cccc1C(=O)N1CC[C@@H](C2CCCCC2)C1. The van der Waals surface area contributed by atoms with Crippen LogP contribution < -0.4 is 0 Å². The van der Waals surface area contributed by atoms with Crippen LogP contribution in [0.5, 0.6) is 0 Å². The van der Waals surface area contributed by atoms with Gasteiger partial charge in [0.2, 0.25) is 0 Å². The van der Waals surface area contributed by atoms with Gasteiger partial charge in [0.05, 0.1) is 0 Å². The molecular weight excluding hydrogens is 260 g/mol. The second-order valence-corrected chi connectivity index (χ2v) is 7.09. The minimum Gasteiger partial charge on any atom is -0.341 e. The molecule has 3 rings (SSSR count). The maximum Gasteiger partial charge on any atom is 0.270 e. The molecule has 1 amide bonds. The second-order valence-electron chi connectivity index (χ2n) is 7.09. The summed E-state index contributed by atoms with van der Waals surface area (Å²) in [5, 5.41) is 0. The van der Waals surface area contributed by atoms with Crippen LogP contribution in [0.1, 0.15) is 68.9 Å². The quantitative estimate of drug-likeness (QED) is 0.821. The van der Waals surface area contributed by atoms with E-state index in [4.69, 9.17) is 0 Å². The maximum atomic E-state index is 12.8. The van der Waals surface area contributed by atoms with Gasteiger partial charge in [0.25, 0.3) is 5.91 Å². The summed E-state index contributed by atoms with van der Waals surface area (Å²) in [7, 11) is 0. The summed E-state index contributed by atoms with van der Waals surface area (Å²) in [5.74, 6) is 1.84. The fraction of sp³-hybridized carbons (Fsp3) is 0.722. The van der Waals surface area contributed by atoms with Crippen molar-refractivity contribution < 1.29 is 4.79 Å². The summed E-state index contributed by atoms with van der Waals surface area (Å²) in [5.41, 5.74) is 0.856. The van der Waals surface area contributed by atoms with Crippen LogP contribution in [-0.4, -0.2) is 28.5 Å². The van der Waals surface area contributed by atoms with Crippen molar-refractivity contribution >= 4 is 5.91 Å². The van der Waals surface area contributed by atoms with Gasteiger partial charge < -0.3 is 9.47 Å². The standard InChI is InChI=1S/C18H28N2O/c1-14(2)20-11-6-9-17(20)18(21)19-12-10-16(13-19)15-7-4-3-5-8-15/h6,9,11,14-16H,3-5,7-8,10,12-13H2,1-2H3/t16-/m1/s1. The van der Waals surface area contributed by atoms with E-state index in [1.165, 1.54) is 38.5 Å². The molecular formula is C18H28N2O. The zero-order valence-electron chi connectivity index (χ0n) is 13.4. The Hall–Kier alpha value is -1.25. The molecule has 2 fully saturated rings. The number of likely N-dealkylation sites (tertiary alicyclic amines) is 1. The molecule has 1 saturated heterocycles. The fourth-order valence-corrected chi connectivity index (χ4v) is 4.15. The predicted octanol–water partition coefficient (Wildman–Crippen LogP) is 4.11. The largest absolute Gasteiger partial charge is 0.341 e. The van der Waals surface area contributed by atoms with Crippen molar-refractivity contribution in [2.75, 3.05) is 13.1 Å². The summed E-state index contributed by atoms with van der Waals surface area (Å²) >= 11 is 0. The number of nitrogens with zero attached hydrogens (tertiary/aromatic N) is 2. The summed E-state index contributed by atoms with van der Waals surface area (Å²) in [4.78, 5) is 14.9. The van der Waals surface area contributed by atoms with Crippen molar-refractivity contribution in [1.82, 2.24) is 9.47 Å². The van der Waals surface area contributed by atoms with E-state index in [2.05, 4.69) is 23.3 Å². The van der Waals surface area contributed by atoms with Crippen LogP contribution in [-0.2, 0) is 0 Å². The third kappa shape index (κ3) is 3.02. The van der Waals surface area contributed by atoms with Gasteiger partial charge in [-0.15, -0.1) is 0 Å². The van der Waals surface area contributed by atoms with Crippen molar-refractivity contribution in [2.45, 2.75) is 58.4 Å². The number of aromatic nitrogens is 1. The Balaban J connectivity index is 1.65. The van der Waals surface area contributed by atoms with Crippen molar-refractivity contribution in [2.24, 2.45) is 11.8 Å². The Morgan fingerprint density at radius 1 is 1.14 bits per heavy atom. The van der Waals surface area contributed by atoms with E-state index < -0.39 is 0 Å². The van der Waals surface area contributed by atoms with Gasteiger partial charge in [-0.25, -0.2) is 0 Å². The highest BCUT2D eigenvalue weighted by Crippen LogP contribution is 2.35. The van der Waals surface area contributed by atoms with E-state index in [1.54, 1.807) is 0 Å². The molecule has 0 spiro atoms. The number of hydrogen-bond acceptors (Lipinski definition) is 1. The van der Waals surface area contributed by atoms with Gasteiger partial charge in [0.1, 0.15) is 5.69 Å². The first-order valence-corrected chi connectivity index (χ1v) is 8.63. The first-order valence-electron chi connectivity index (χ1n) is 8.63. The Bertz CT molecular complexity index is 485. The van der Waals surface area contributed by atoms with Crippen LogP contribution in [0.4, 0.5) is 0 Å². The van der Waals surface area contributed by atoms with Crippen LogP contribution in [0.3, 0.4) is 0 Å². The van der Waals surface area contributed by atoms with Gasteiger partial charge in [-0.2, -0.15) is 0 Å². The van der Waals surface area contributed by atoms with Crippen molar-refractivity contribution in [3.8, 4) is 0 Å². The maximum absolute atomic E-state index is 12.8. The Morgan fingerprint density at radius 3 is 2.62 bits per heavy atom. The van der Waals surface area contributed by atoms with E-state index in [0.29, 0.717) is 6.04 Å². The lowest BCUT2D eigenvalue weighted by Crippen LogP contribution is -2.32. The molecule has 2 heterocycles. The van der Waals surface area contributed by atoms with Crippen molar-refractivity contribution in [3.63, 3.8) is 0 Å². The lowest BCUT2D eigenvalue weighted by molar-refractivity contribution is 0.0767. The van der Waals surface area contributed by atoms with Gasteiger partial charge in [0, 0.05) is 25.3 Å². The second kappa shape index (κ2) is 6.25. The highest BCUT2D eigenvalue weighted by Gasteiger charge is 2.33. The van der Waals surface area contributed by atoms with E-state index in [9.17, 15) is 4.79 Å². The molecule has 21 heavy (non-hydrogen) atoms. The molecule has 116 valence electrons. The zero-order valence-corrected chi connectivity index (χ0v) is 13.4. The van der Waals surface area contributed by atoms with Crippen molar-refractivity contribution in [3.05, 3.63) is 24.0 Å². The van der Waals surface area contributed by atoms with Gasteiger partial charge in [0.15, 0.2) is 0 Å². The van der Waals surface area contributed by atoms with Gasteiger partial charge in [-0.3, -0.25) is 4.79 Å². The van der Waals surface area contributed by atoms with Gasteiger partial charge in [-0.05, 0) is 44.2 Å². The molecule has 1 aromatic heterocycles. The fourth-order valence-electron chi connectivity index (χ4n) is 4.15. The minimum absolute atomic E-state index is 0.229. The van der Waals surface area contributed by atoms with E-state index >= 15 is 0 Å². The minimum atomic E-state index is 0.229. The van der Waals surface area contributed by atoms with E-state index in [0.717, 1.165) is 30.6 Å². The Morgan fingerprint density at radius 2 is 1.90 bits per heavy atom. The smallest absolute Gasteiger partial charge is 0.270 e. The lowest BCUT2D eigenvalue weighted by atomic mass is 9.80. The molecule has 0 bridgehead atoms. The number of carbonyl (C=O) groups excluding carboxylic acids is 1. The van der Waals surface area contributed by atoms with Crippen LogP contribution in [0.25, 0.3) is 0 Å². The highest BCUT2D eigenvalue weighted by molar-refractivity contribution is 5.93.